The maximum Gasteiger partial charge on any atom is 0.0900 e. The molecule has 0 aliphatic heterocycles. The van der Waals surface area contributed by atoms with Crippen LogP contribution in [0.15, 0.2) is 140 Å². The number of H-pyrrole nitrogens is 1. The summed E-state index contributed by atoms with van der Waals surface area (Å²) in [4.78, 5) is 14.4. The fourth-order valence-electron chi connectivity index (χ4n) is 7.53. The Kier molecular flexibility index (Phi) is 8.88. The molecule has 274 valence electrons. The van der Waals surface area contributed by atoms with Crippen LogP contribution in [-0.2, 0) is 16.2 Å². The van der Waals surface area contributed by atoms with Crippen molar-refractivity contribution in [1.82, 2.24) is 15.0 Å². The summed E-state index contributed by atoms with van der Waals surface area (Å²) in [5, 5.41) is 2.46. The van der Waals surface area contributed by atoms with Crippen molar-refractivity contribution >= 4 is 21.8 Å². The molecule has 0 atom stereocenters. The Morgan fingerprint density at radius 1 is 0.382 bits per heavy atom. The molecule has 5 aromatic carbocycles. The summed E-state index contributed by atoms with van der Waals surface area (Å²) in [6, 6.07) is 48.4. The first-order valence-electron chi connectivity index (χ1n) is 19.5. The number of hydrogen-bond donors (Lipinski definition) is 1. The van der Waals surface area contributed by atoms with Gasteiger partial charge in [0, 0.05) is 28.1 Å². The number of fused-ring (bicyclic) bond motifs is 3. The number of pyridine rings is 2. The van der Waals surface area contributed by atoms with E-state index in [4.69, 9.17) is 9.97 Å². The molecule has 3 heterocycles. The number of aromatic amines is 1. The molecule has 0 saturated carbocycles. The average molecular weight is 718 g/mol. The van der Waals surface area contributed by atoms with Gasteiger partial charge in [0.2, 0.25) is 0 Å². The molecule has 0 unspecified atom stereocenters. The van der Waals surface area contributed by atoms with Crippen LogP contribution in [-0.4, -0.2) is 15.0 Å². The standard InChI is InChI=1S/C52H51N3/c1-50(2,3)38-22-16-21-36(25-38)41-29-39(51(4,5)6)30-42-43-31-40(52(7,8)9)32-44(49(43)55-48(41)42)45-27-37(34-19-14-11-15-20-34)28-47(54-45)46-26-35(23-24-53-46)33-17-12-10-13-18-33/h10-32,55H,1-9H3. The Morgan fingerprint density at radius 3 is 1.49 bits per heavy atom. The lowest BCUT2D eigenvalue weighted by Crippen LogP contribution is -2.12. The molecule has 3 nitrogen and oxygen atoms in total. The van der Waals surface area contributed by atoms with E-state index in [1.165, 1.54) is 38.6 Å². The molecule has 55 heavy (non-hydrogen) atoms. The fourth-order valence-corrected chi connectivity index (χ4v) is 7.53. The van der Waals surface area contributed by atoms with Gasteiger partial charge in [0.05, 0.1) is 28.1 Å². The van der Waals surface area contributed by atoms with Crippen molar-refractivity contribution < 1.29 is 0 Å². The molecule has 3 aromatic heterocycles. The maximum atomic E-state index is 5.47. The van der Waals surface area contributed by atoms with Crippen LogP contribution in [0.25, 0.3) is 77.8 Å². The highest BCUT2D eigenvalue weighted by molar-refractivity contribution is 6.16. The molecule has 3 heteroatoms. The Hall–Kier alpha value is -5.80. The molecule has 0 aliphatic carbocycles. The molecule has 0 radical (unpaired) electrons. The van der Waals surface area contributed by atoms with E-state index >= 15 is 0 Å². The van der Waals surface area contributed by atoms with Crippen molar-refractivity contribution in [3.63, 3.8) is 0 Å². The zero-order chi connectivity index (χ0) is 38.7. The van der Waals surface area contributed by atoms with Crippen molar-refractivity contribution in [3.05, 3.63) is 156 Å². The van der Waals surface area contributed by atoms with Crippen LogP contribution < -0.4 is 0 Å². The highest BCUT2D eigenvalue weighted by atomic mass is 14.8. The van der Waals surface area contributed by atoms with E-state index in [9.17, 15) is 0 Å². The summed E-state index contributed by atoms with van der Waals surface area (Å²) in [6.07, 6.45) is 1.90. The van der Waals surface area contributed by atoms with Crippen LogP contribution in [0.1, 0.15) is 79.0 Å². The number of nitrogens with zero attached hydrogens (tertiary/aromatic N) is 2. The topological polar surface area (TPSA) is 41.6 Å². The summed E-state index contributed by atoms with van der Waals surface area (Å²) in [6.45, 7) is 20.7. The highest BCUT2D eigenvalue weighted by Gasteiger charge is 2.25. The number of benzene rings is 5. The van der Waals surface area contributed by atoms with Crippen LogP contribution >= 0.6 is 0 Å². The van der Waals surface area contributed by atoms with Crippen LogP contribution in [0.4, 0.5) is 0 Å². The molecular formula is C52H51N3. The summed E-state index contributed by atoms with van der Waals surface area (Å²) in [7, 11) is 0. The van der Waals surface area contributed by atoms with Gasteiger partial charge in [0.25, 0.3) is 0 Å². The number of nitrogens with one attached hydrogen (secondary N) is 1. The smallest absolute Gasteiger partial charge is 0.0900 e. The maximum absolute atomic E-state index is 5.47. The van der Waals surface area contributed by atoms with Crippen LogP contribution in [0.5, 0.6) is 0 Å². The second-order valence-electron chi connectivity index (χ2n) is 18.1. The van der Waals surface area contributed by atoms with Gasteiger partial charge in [-0.3, -0.25) is 4.98 Å². The first kappa shape index (κ1) is 36.2. The van der Waals surface area contributed by atoms with Gasteiger partial charge in [-0.05, 0) is 109 Å². The summed E-state index contributed by atoms with van der Waals surface area (Å²) >= 11 is 0. The zero-order valence-corrected chi connectivity index (χ0v) is 33.7. The lowest BCUT2D eigenvalue weighted by molar-refractivity contribution is 0.589. The van der Waals surface area contributed by atoms with Gasteiger partial charge in [-0.1, -0.05) is 147 Å². The largest absolute Gasteiger partial charge is 0.353 e. The normalized spacial score (nSPS) is 12.5. The molecule has 0 saturated heterocycles. The van der Waals surface area contributed by atoms with Crippen molar-refractivity contribution in [2.24, 2.45) is 0 Å². The number of aromatic nitrogens is 3. The van der Waals surface area contributed by atoms with Gasteiger partial charge >= 0.3 is 0 Å². The SMILES string of the molecule is CC(C)(C)c1cccc(-c2cc(C(C)(C)C)cc3c2[nH]c2c(-c4cc(-c5ccccc5)cc(-c5cc(-c6ccccc6)ccn5)n4)cc(C(C)(C)C)cc23)c1. The van der Waals surface area contributed by atoms with E-state index in [1.54, 1.807) is 0 Å². The van der Waals surface area contributed by atoms with E-state index in [-0.39, 0.29) is 16.2 Å². The summed E-state index contributed by atoms with van der Waals surface area (Å²) in [5.41, 5.74) is 16.7. The van der Waals surface area contributed by atoms with E-state index in [2.05, 4.69) is 201 Å². The van der Waals surface area contributed by atoms with Crippen LogP contribution in [0.2, 0.25) is 0 Å². The van der Waals surface area contributed by atoms with Gasteiger partial charge in [0.15, 0.2) is 0 Å². The minimum absolute atomic E-state index is 0.0363. The first-order chi connectivity index (χ1) is 26.1. The molecule has 0 bridgehead atoms. The highest BCUT2D eigenvalue weighted by Crippen LogP contribution is 2.44. The molecule has 8 aromatic rings. The zero-order valence-electron chi connectivity index (χ0n) is 33.7. The van der Waals surface area contributed by atoms with Crippen LogP contribution in [0, 0.1) is 0 Å². The molecule has 0 aliphatic rings. The third kappa shape index (κ3) is 7.12. The molecule has 0 amide bonds. The second kappa shape index (κ2) is 13.5. The van der Waals surface area contributed by atoms with E-state index in [0.29, 0.717) is 0 Å². The van der Waals surface area contributed by atoms with Gasteiger partial charge in [-0.15, -0.1) is 0 Å². The average Bonchev–Trinajstić information content (AvgIpc) is 3.55. The number of rotatable bonds is 5. The van der Waals surface area contributed by atoms with Gasteiger partial charge in [-0.2, -0.15) is 0 Å². The lowest BCUT2D eigenvalue weighted by atomic mass is 9.82. The van der Waals surface area contributed by atoms with Crippen molar-refractivity contribution in [1.29, 1.82) is 0 Å². The Labute approximate surface area is 326 Å². The van der Waals surface area contributed by atoms with Crippen molar-refractivity contribution in [2.75, 3.05) is 0 Å². The summed E-state index contributed by atoms with van der Waals surface area (Å²) in [5.74, 6) is 0. The number of hydrogen-bond acceptors (Lipinski definition) is 2. The van der Waals surface area contributed by atoms with E-state index < -0.39 is 0 Å². The minimum atomic E-state index is -0.0938. The third-order valence-corrected chi connectivity index (χ3v) is 10.9. The van der Waals surface area contributed by atoms with E-state index in [0.717, 1.165) is 55.9 Å². The van der Waals surface area contributed by atoms with Crippen LogP contribution in [0.3, 0.4) is 0 Å². The predicted octanol–water partition coefficient (Wildman–Crippen LogP) is 14.3. The lowest BCUT2D eigenvalue weighted by Gasteiger charge is -2.23. The fraction of sp³-hybridized carbons (Fsp3) is 0.231. The van der Waals surface area contributed by atoms with Gasteiger partial charge in [0.1, 0.15) is 0 Å². The predicted molar refractivity (Wildman–Crippen MR) is 235 cm³/mol. The first-order valence-corrected chi connectivity index (χ1v) is 19.5. The van der Waals surface area contributed by atoms with Crippen molar-refractivity contribution in [3.8, 4) is 56.0 Å². The third-order valence-electron chi connectivity index (χ3n) is 10.9. The quantitative estimate of drug-likeness (QED) is 0.193. The van der Waals surface area contributed by atoms with Crippen molar-refractivity contribution in [2.45, 2.75) is 78.6 Å². The Bertz CT molecular complexity index is 2680. The minimum Gasteiger partial charge on any atom is -0.353 e. The Balaban J connectivity index is 1.44. The summed E-state index contributed by atoms with van der Waals surface area (Å²) < 4.78 is 0. The second-order valence-corrected chi connectivity index (χ2v) is 18.1. The van der Waals surface area contributed by atoms with Gasteiger partial charge in [-0.25, -0.2) is 4.98 Å². The molecule has 0 spiro atoms. The molecule has 0 fully saturated rings. The monoisotopic (exact) mass is 717 g/mol. The molecule has 8 rings (SSSR count). The Morgan fingerprint density at radius 2 is 0.891 bits per heavy atom. The molecule has 1 N–H and O–H groups in total. The van der Waals surface area contributed by atoms with Gasteiger partial charge < -0.3 is 4.98 Å². The van der Waals surface area contributed by atoms with E-state index in [1.807, 2.05) is 6.20 Å². The molecular weight excluding hydrogens is 667 g/mol.